The molecule has 0 bridgehead atoms. The number of methoxy groups -OCH3 is 1. The smallest absolute Gasteiger partial charge is 0.310 e. The van der Waals surface area contributed by atoms with Crippen LogP contribution in [0.25, 0.3) is 0 Å². The summed E-state index contributed by atoms with van der Waals surface area (Å²) in [5.41, 5.74) is 0.688. The molecule has 1 fully saturated rings. The second-order valence-electron chi connectivity index (χ2n) is 3.80. The molecule has 0 aromatic rings. The van der Waals surface area contributed by atoms with E-state index in [4.69, 9.17) is 0 Å². The molecule has 1 saturated carbocycles. The first-order chi connectivity index (χ1) is 7.02. The minimum absolute atomic E-state index is 0.179. The average Bonchev–Trinajstić information content (AvgIpc) is 2.21. The summed E-state index contributed by atoms with van der Waals surface area (Å²) in [6.45, 7) is 5.52. The van der Waals surface area contributed by atoms with Gasteiger partial charge in [0.15, 0.2) is 0 Å². The maximum Gasteiger partial charge on any atom is 0.310 e. The molecule has 0 heterocycles. The van der Waals surface area contributed by atoms with E-state index in [1.54, 1.807) is 6.92 Å². The molecule has 4 nitrogen and oxygen atoms in total. The summed E-state index contributed by atoms with van der Waals surface area (Å²) >= 11 is 0. The highest BCUT2D eigenvalue weighted by molar-refractivity contribution is 6.00. The number of aldehydes is 1. The van der Waals surface area contributed by atoms with Crippen LogP contribution in [0.15, 0.2) is 12.2 Å². The fourth-order valence-corrected chi connectivity index (χ4v) is 1.92. The van der Waals surface area contributed by atoms with Crippen molar-refractivity contribution < 1.29 is 19.1 Å². The van der Waals surface area contributed by atoms with Gasteiger partial charge in [0.25, 0.3) is 0 Å². The van der Waals surface area contributed by atoms with Gasteiger partial charge in [0, 0.05) is 6.42 Å². The van der Waals surface area contributed by atoms with Gasteiger partial charge in [-0.1, -0.05) is 19.1 Å². The Hall–Kier alpha value is -1.45. The Balaban J connectivity index is 3.03. The second kappa shape index (κ2) is 4.38. The Morgan fingerprint density at radius 2 is 2.20 bits per heavy atom. The molecule has 0 aliphatic heterocycles. The number of rotatable bonds is 2. The number of ketones is 1. The molecule has 0 saturated heterocycles. The maximum atomic E-state index is 11.5. The van der Waals surface area contributed by atoms with Gasteiger partial charge in [-0.25, -0.2) is 0 Å². The predicted octanol–water partition coefficient (Wildman–Crippen LogP) is 0.756. The van der Waals surface area contributed by atoms with E-state index in [1.165, 1.54) is 7.11 Å². The van der Waals surface area contributed by atoms with Crippen LogP contribution >= 0.6 is 0 Å². The number of carbonyl (C=O) groups is 3. The van der Waals surface area contributed by atoms with E-state index < -0.39 is 17.8 Å². The third-order valence-electron chi connectivity index (χ3n) is 2.96. The van der Waals surface area contributed by atoms with Gasteiger partial charge in [-0.2, -0.15) is 0 Å². The predicted molar refractivity (Wildman–Crippen MR) is 53.0 cm³/mol. The topological polar surface area (TPSA) is 60.4 Å². The SMILES string of the molecule is C=C1CC(=O)C(C=O)C(C(=O)OC)C1C. The van der Waals surface area contributed by atoms with Crippen molar-refractivity contribution in [2.75, 3.05) is 7.11 Å². The van der Waals surface area contributed by atoms with E-state index in [2.05, 4.69) is 11.3 Å². The van der Waals surface area contributed by atoms with Crippen molar-refractivity contribution in [1.29, 1.82) is 0 Å². The molecule has 0 N–H and O–H groups in total. The van der Waals surface area contributed by atoms with Crippen molar-refractivity contribution in [3.8, 4) is 0 Å². The Labute approximate surface area is 88.3 Å². The van der Waals surface area contributed by atoms with Crippen LogP contribution in [0.2, 0.25) is 0 Å². The lowest BCUT2D eigenvalue weighted by Gasteiger charge is -2.31. The first-order valence-corrected chi connectivity index (χ1v) is 4.76. The number of carbonyl (C=O) groups excluding carboxylic acids is 3. The highest BCUT2D eigenvalue weighted by Gasteiger charge is 2.43. The first-order valence-electron chi connectivity index (χ1n) is 4.76. The molecular formula is C11H14O4. The second-order valence-corrected chi connectivity index (χ2v) is 3.80. The molecule has 1 aliphatic rings. The van der Waals surface area contributed by atoms with Gasteiger partial charge in [0.2, 0.25) is 0 Å². The number of Topliss-reactive ketones (excluding diaryl/α,β-unsaturated/α-hetero) is 1. The summed E-state index contributed by atoms with van der Waals surface area (Å²) in [7, 11) is 1.25. The fourth-order valence-electron chi connectivity index (χ4n) is 1.92. The van der Waals surface area contributed by atoms with E-state index in [9.17, 15) is 14.4 Å². The summed E-state index contributed by atoms with van der Waals surface area (Å²) in [5.74, 6) is -2.54. The van der Waals surface area contributed by atoms with Gasteiger partial charge < -0.3 is 9.53 Å². The fraction of sp³-hybridized carbons (Fsp3) is 0.545. The number of hydrogen-bond donors (Lipinski definition) is 0. The van der Waals surface area contributed by atoms with Crippen LogP contribution in [0, 0.1) is 17.8 Å². The van der Waals surface area contributed by atoms with Crippen LogP contribution in [-0.4, -0.2) is 25.1 Å². The van der Waals surface area contributed by atoms with E-state index in [1.807, 2.05) is 0 Å². The zero-order valence-corrected chi connectivity index (χ0v) is 8.86. The lowest BCUT2D eigenvalue weighted by Crippen LogP contribution is -2.41. The van der Waals surface area contributed by atoms with Gasteiger partial charge in [0.1, 0.15) is 12.1 Å². The zero-order chi connectivity index (χ0) is 11.6. The molecule has 0 aromatic carbocycles. The quantitative estimate of drug-likeness (QED) is 0.292. The number of esters is 1. The molecule has 3 unspecified atom stereocenters. The van der Waals surface area contributed by atoms with Crippen molar-refractivity contribution >= 4 is 18.0 Å². The van der Waals surface area contributed by atoms with Crippen molar-refractivity contribution in [1.82, 2.24) is 0 Å². The molecular weight excluding hydrogens is 196 g/mol. The molecule has 0 radical (unpaired) electrons. The van der Waals surface area contributed by atoms with Gasteiger partial charge in [-0.15, -0.1) is 0 Å². The summed E-state index contributed by atoms with van der Waals surface area (Å²) in [6, 6.07) is 0. The van der Waals surface area contributed by atoms with E-state index >= 15 is 0 Å². The maximum absolute atomic E-state index is 11.5. The molecule has 0 amide bonds. The summed E-state index contributed by atoms with van der Waals surface area (Å²) in [4.78, 5) is 33.8. The Morgan fingerprint density at radius 1 is 1.60 bits per heavy atom. The van der Waals surface area contributed by atoms with Gasteiger partial charge in [0.05, 0.1) is 18.9 Å². The molecule has 1 aliphatic carbocycles. The van der Waals surface area contributed by atoms with Gasteiger partial charge >= 0.3 is 5.97 Å². The monoisotopic (exact) mass is 210 g/mol. The third-order valence-corrected chi connectivity index (χ3v) is 2.96. The van der Waals surface area contributed by atoms with Crippen molar-refractivity contribution in [2.24, 2.45) is 17.8 Å². The molecule has 1 rings (SSSR count). The van der Waals surface area contributed by atoms with Crippen molar-refractivity contribution in [3.63, 3.8) is 0 Å². The first kappa shape index (κ1) is 11.6. The summed E-state index contributed by atoms with van der Waals surface area (Å²) in [6.07, 6.45) is 0.713. The lowest BCUT2D eigenvalue weighted by atomic mass is 9.70. The highest BCUT2D eigenvalue weighted by atomic mass is 16.5. The summed E-state index contributed by atoms with van der Waals surface area (Å²) in [5, 5.41) is 0. The van der Waals surface area contributed by atoms with Crippen LogP contribution in [0.3, 0.4) is 0 Å². The largest absolute Gasteiger partial charge is 0.469 e. The minimum atomic E-state index is -0.877. The van der Waals surface area contributed by atoms with Crippen LogP contribution < -0.4 is 0 Å². The Kier molecular flexibility index (Phi) is 3.39. The normalized spacial score (nSPS) is 31.2. The Morgan fingerprint density at radius 3 is 2.67 bits per heavy atom. The van der Waals surface area contributed by atoms with E-state index in [0.717, 1.165) is 0 Å². The lowest BCUT2D eigenvalue weighted by molar-refractivity contribution is -0.154. The van der Waals surface area contributed by atoms with E-state index in [-0.39, 0.29) is 18.1 Å². The minimum Gasteiger partial charge on any atom is -0.469 e. The number of hydrogen-bond acceptors (Lipinski definition) is 4. The molecule has 15 heavy (non-hydrogen) atoms. The van der Waals surface area contributed by atoms with Crippen LogP contribution in [0.1, 0.15) is 13.3 Å². The molecule has 4 heteroatoms. The third kappa shape index (κ3) is 1.98. The van der Waals surface area contributed by atoms with Crippen LogP contribution in [-0.2, 0) is 19.1 Å². The van der Waals surface area contributed by atoms with Crippen molar-refractivity contribution in [2.45, 2.75) is 13.3 Å². The van der Waals surface area contributed by atoms with Crippen LogP contribution in [0.5, 0.6) is 0 Å². The number of allylic oxidation sites excluding steroid dienone is 1. The number of ether oxygens (including phenoxy) is 1. The summed E-state index contributed by atoms with van der Waals surface area (Å²) < 4.78 is 4.60. The molecule has 0 spiro atoms. The Bertz CT molecular complexity index is 319. The molecule has 3 atom stereocenters. The zero-order valence-electron chi connectivity index (χ0n) is 8.86. The van der Waals surface area contributed by atoms with Gasteiger partial charge in [-0.3, -0.25) is 9.59 Å². The van der Waals surface area contributed by atoms with Crippen molar-refractivity contribution in [3.05, 3.63) is 12.2 Å². The van der Waals surface area contributed by atoms with E-state index in [0.29, 0.717) is 11.9 Å². The standard InChI is InChI=1S/C11H14O4/c1-6-4-9(13)8(5-12)10(7(6)2)11(14)15-3/h5,7-8,10H,1,4H2,2-3H3. The van der Waals surface area contributed by atoms with Crippen LogP contribution in [0.4, 0.5) is 0 Å². The van der Waals surface area contributed by atoms with Gasteiger partial charge in [-0.05, 0) is 5.92 Å². The average molecular weight is 210 g/mol. The molecule has 0 aromatic heterocycles. The highest BCUT2D eigenvalue weighted by Crippen LogP contribution is 2.35. The molecule has 82 valence electrons.